The van der Waals surface area contributed by atoms with Gasteiger partial charge in [0, 0.05) is 12.3 Å². The Bertz CT molecular complexity index is 411. The maximum atomic E-state index is 10.3. The molecular weight excluding hydrogens is 176 g/mol. The molecule has 0 unspecified atom stereocenters. The van der Waals surface area contributed by atoms with Crippen LogP contribution in [0.3, 0.4) is 0 Å². The summed E-state index contributed by atoms with van der Waals surface area (Å²) in [6, 6.07) is 1.45. The zero-order valence-corrected chi connectivity index (χ0v) is 6.47. The number of hydrogen-bond acceptors (Lipinski definition) is 4. The highest BCUT2D eigenvalue weighted by Gasteiger charge is 2.11. The Hall–Kier alpha value is -2.05. The van der Waals surface area contributed by atoms with Crippen LogP contribution < -0.4 is 15.6 Å². The van der Waals surface area contributed by atoms with Crippen molar-refractivity contribution in [3.05, 3.63) is 17.8 Å². The van der Waals surface area contributed by atoms with Gasteiger partial charge in [0.05, 0.1) is 0 Å². The number of carboxylic acid groups (broad SMARTS) is 1. The Kier molecular flexibility index (Phi) is 1.62. The molecule has 0 bridgehead atoms. The minimum Gasteiger partial charge on any atom is -0.463 e. The van der Waals surface area contributed by atoms with E-state index in [9.17, 15) is 4.79 Å². The van der Waals surface area contributed by atoms with Crippen LogP contribution in [0.15, 0.2) is 17.3 Å². The van der Waals surface area contributed by atoms with Crippen LogP contribution in [0.4, 0.5) is 10.7 Å². The lowest BCUT2D eigenvalue weighted by atomic mass is 10.6. The van der Waals surface area contributed by atoms with Crippen LogP contribution in [0.2, 0.25) is 0 Å². The summed E-state index contributed by atoms with van der Waals surface area (Å²) >= 11 is 0. The molecule has 1 aliphatic rings. The molecule has 0 fully saturated rings. The van der Waals surface area contributed by atoms with E-state index < -0.39 is 6.09 Å². The lowest BCUT2D eigenvalue weighted by molar-refractivity contribution is 0.145. The third-order valence-electron chi connectivity index (χ3n) is 1.46. The fourth-order valence-corrected chi connectivity index (χ4v) is 0.990. The molecule has 2 heterocycles. The minimum atomic E-state index is -1.27. The maximum Gasteiger partial charge on any atom is 0.433 e. The van der Waals surface area contributed by atoms with E-state index in [2.05, 4.69) is 15.3 Å². The molecule has 1 aromatic rings. The van der Waals surface area contributed by atoms with Gasteiger partial charge in [-0.25, -0.2) is 9.78 Å². The van der Waals surface area contributed by atoms with Crippen LogP contribution in [0.5, 0.6) is 0 Å². The molecule has 0 aromatic carbocycles. The standard InChI is InChI=1S/C6H6N4O3/c11-6(12)9-4-1-2-7-5-8-3-13-10(4)5/h1-2H,3H2,(H,7,8)(H,11,12). The first kappa shape index (κ1) is 7.59. The van der Waals surface area contributed by atoms with Gasteiger partial charge in [0.25, 0.3) is 0 Å². The second-order valence-electron chi connectivity index (χ2n) is 2.27. The zero-order chi connectivity index (χ0) is 9.26. The molecule has 0 saturated carbocycles. The SMILES string of the molecule is O=C(O)N=c1ccnc2n1OCN2. The summed E-state index contributed by atoms with van der Waals surface area (Å²) in [5.41, 5.74) is 0.197. The number of fused-ring (bicyclic) bond motifs is 1. The Morgan fingerprint density at radius 3 is 3.46 bits per heavy atom. The molecule has 1 aromatic heterocycles. The van der Waals surface area contributed by atoms with Crippen molar-refractivity contribution in [2.45, 2.75) is 0 Å². The largest absolute Gasteiger partial charge is 0.463 e. The summed E-state index contributed by atoms with van der Waals surface area (Å²) in [5.74, 6) is 0.447. The summed E-state index contributed by atoms with van der Waals surface area (Å²) in [6.45, 7) is 0.263. The van der Waals surface area contributed by atoms with Gasteiger partial charge in [-0.1, -0.05) is 0 Å². The van der Waals surface area contributed by atoms with Gasteiger partial charge in [-0.2, -0.15) is 4.99 Å². The lowest BCUT2D eigenvalue weighted by Crippen LogP contribution is -2.24. The van der Waals surface area contributed by atoms with E-state index in [1.807, 2.05) is 0 Å². The first-order valence-corrected chi connectivity index (χ1v) is 3.50. The van der Waals surface area contributed by atoms with Crippen LogP contribution in [-0.2, 0) is 0 Å². The van der Waals surface area contributed by atoms with E-state index in [1.54, 1.807) is 0 Å². The molecule has 1 aliphatic heterocycles. The summed E-state index contributed by atoms with van der Waals surface area (Å²) in [4.78, 5) is 22.5. The van der Waals surface area contributed by atoms with E-state index in [4.69, 9.17) is 9.94 Å². The minimum absolute atomic E-state index is 0.197. The number of hydrogen-bond donors (Lipinski definition) is 2. The molecule has 1 amide bonds. The van der Waals surface area contributed by atoms with Crippen LogP contribution in [0, 0.1) is 0 Å². The van der Waals surface area contributed by atoms with Crippen LogP contribution in [0.1, 0.15) is 0 Å². The van der Waals surface area contributed by atoms with Crippen molar-refractivity contribution in [3.63, 3.8) is 0 Å². The fraction of sp³-hybridized carbons (Fsp3) is 0.167. The second-order valence-corrected chi connectivity index (χ2v) is 2.27. The van der Waals surface area contributed by atoms with Crippen LogP contribution in [0.25, 0.3) is 0 Å². The fourth-order valence-electron chi connectivity index (χ4n) is 0.990. The van der Waals surface area contributed by atoms with Gasteiger partial charge in [0.1, 0.15) is 0 Å². The van der Waals surface area contributed by atoms with Crippen molar-refractivity contribution < 1.29 is 14.7 Å². The normalized spacial score (nSPS) is 14.6. The molecular formula is C6H6N4O3. The number of nitrogens with zero attached hydrogens (tertiary/aromatic N) is 3. The van der Waals surface area contributed by atoms with E-state index in [0.29, 0.717) is 5.95 Å². The number of nitrogens with one attached hydrogen (secondary N) is 1. The summed E-state index contributed by atoms with van der Waals surface area (Å²) in [6.07, 6.45) is 0.186. The third-order valence-corrected chi connectivity index (χ3v) is 1.46. The Labute approximate surface area is 72.3 Å². The van der Waals surface area contributed by atoms with Crippen molar-refractivity contribution in [3.8, 4) is 0 Å². The molecule has 2 rings (SSSR count). The molecule has 0 radical (unpaired) electrons. The molecule has 7 heteroatoms. The lowest BCUT2D eigenvalue weighted by Gasteiger charge is -1.98. The topological polar surface area (TPSA) is 88.7 Å². The highest BCUT2D eigenvalue weighted by Crippen LogP contribution is 2.00. The summed E-state index contributed by atoms with van der Waals surface area (Å²) in [5, 5.41) is 11.2. The Morgan fingerprint density at radius 2 is 2.69 bits per heavy atom. The van der Waals surface area contributed by atoms with Crippen molar-refractivity contribution in [1.82, 2.24) is 9.71 Å². The molecule has 2 N–H and O–H groups in total. The maximum absolute atomic E-state index is 10.3. The average molecular weight is 182 g/mol. The predicted molar refractivity (Wildman–Crippen MR) is 40.9 cm³/mol. The molecule has 0 atom stereocenters. The molecule has 0 spiro atoms. The average Bonchev–Trinajstić information content (AvgIpc) is 2.51. The van der Waals surface area contributed by atoms with E-state index >= 15 is 0 Å². The molecule has 68 valence electrons. The first-order chi connectivity index (χ1) is 6.27. The molecule has 0 saturated heterocycles. The number of rotatable bonds is 0. The van der Waals surface area contributed by atoms with Crippen LogP contribution >= 0.6 is 0 Å². The quantitative estimate of drug-likeness (QED) is 0.552. The van der Waals surface area contributed by atoms with Gasteiger partial charge in [-0.3, -0.25) is 0 Å². The molecule has 7 nitrogen and oxygen atoms in total. The summed E-state index contributed by atoms with van der Waals surface area (Å²) < 4.78 is 1.23. The van der Waals surface area contributed by atoms with Gasteiger partial charge < -0.3 is 15.3 Å². The van der Waals surface area contributed by atoms with E-state index in [-0.39, 0.29) is 12.2 Å². The highest BCUT2D eigenvalue weighted by molar-refractivity contribution is 5.65. The summed E-state index contributed by atoms with van der Waals surface area (Å²) in [7, 11) is 0. The number of anilines is 1. The Morgan fingerprint density at radius 1 is 1.85 bits per heavy atom. The van der Waals surface area contributed by atoms with Crippen molar-refractivity contribution in [1.29, 1.82) is 0 Å². The number of aromatic nitrogens is 2. The number of amides is 1. The highest BCUT2D eigenvalue weighted by atomic mass is 16.7. The molecule has 13 heavy (non-hydrogen) atoms. The first-order valence-electron chi connectivity index (χ1n) is 3.50. The van der Waals surface area contributed by atoms with Gasteiger partial charge in [-0.05, 0) is 0 Å². The zero-order valence-electron chi connectivity index (χ0n) is 6.47. The second kappa shape index (κ2) is 2.77. The van der Waals surface area contributed by atoms with Gasteiger partial charge in [0.15, 0.2) is 12.2 Å². The predicted octanol–water partition coefficient (Wildman–Crippen LogP) is -0.727. The smallest absolute Gasteiger partial charge is 0.433 e. The molecule has 0 aliphatic carbocycles. The van der Waals surface area contributed by atoms with E-state index in [0.717, 1.165) is 0 Å². The van der Waals surface area contributed by atoms with Crippen LogP contribution in [-0.4, -0.2) is 27.6 Å². The van der Waals surface area contributed by atoms with Gasteiger partial charge in [0.2, 0.25) is 5.95 Å². The van der Waals surface area contributed by atoms with Crippen molar-refractivity contribution in [2.75, 3.05) is 12.0 Å². The monoisotopic (exact) mass is 182 g/mol. The Balaban J connectivity index is 2.60. The van der Waals surface area contributed by atoms with E-state index in [1.165, 1.54) is 17.0 Å². The van der Waals surface area contributed by atoms with Gasteiger partial charge >= 0.3 is 6.09 Å². The third kappa shape index (κ3) is 1.31. The van der Waals surface area contributed by atoms with Crippen molar-refractivity contribution >= 4 is 12.0 Å². The van der Waals surface area contributed by atoms with Crippen molar-refractivity contribution in [2.24, 2.45) is 4.99 Å². The number of carbonyl (C=O) groups is 1. The van der Waals surface area contributed by atoms with Gasteiger partial charge in [-0.15, -0.1) is 4.73 Å².